The normalized spacial score (nSPS) is 12.9. The van der Waals surface area contributed by atoms with Crippen LogP contribution in [0.1, 0.15) is 24.5 Å². The van der Waals surface area contributed by atoms with E-state index < -0.39 is 0 Å². The number of aryl methyl sites for hydroxylation is 1. The van der Waals surface area contributed by atoms with Gasteiger partial charge < -0.3 is 15.3 Å². The number of nitrogens with two attached hydrogens (primary N) is 1. The Hall–Kier alpha value is -1.66. The monoisotopic (exact) mass is 333 g/mol. The molecule has 0 bridgehead atoms. The van der Waals surface area contributed by atoms with Crippen molar-refractivity contribution in [3.63, 3.8) is 0 Å². The van der Waals surface area contributed by atoms with Crippen molar-refractivity contribution >= 4 is 27.0 Å². The van der Waals surface area contributed by atoms with Crippen LogP contribution in [-0.2, 0) is 13.0 Å². The Kier molecular flexibility index (Phi) is 3.58. The highest BCUT2D eigenvalue weighted by Gasteiger charge is 2.17. The van der Waals surface area contributed by atoms with Gasteiger partial charge in [-0.1, -0.05) is 15.9 Å². The Morgan fingerprint density at radius 1 is 1.45 bits per heavy atom. The minimum Gasteiger partial charge on any atom is -0.348 e. The first-order valence-electron chi connectivity index (χ1n) is 6.57. The lowest BCUT2D eigenvalue weighted by atomic mass is 10.1. The van der Waals surface area contributed by atoms with Gasteiger partial charge in [0.05, 0.1) is 23.4 Å². The van der Waals surface area contributed by atoms with Gasteiger partial charge in [0.2, 0.25) is 0 Å². The van der Waals surface area contributed by atoms with Crippen LogP contribution in [-0.4, -0.2) is 19.5 Å². The maximum atomic E-state index is 6.32. The molecule has 0 saturated carbocycles. The number of nitrogens with one attached hydrogen (secondary N) is 1. The molecule has 0 aliphatic heterocycles. The van der Waals surface area contributed by atoms with Crippen molar-refractivity contribution < 1.29 is 0 Å². The Morgan fingerprint density at radius 2 is 2.30 bits per heavy atom. The van der Waals surface area contributed by atoms with Crippen LogP contribution < -0.4 is 5.73 Å². The van der Waals surface area contributed by atoms with Crippen molar-refractivity contribution in [2.45, 2.75) is 25.9 Å². The lowest BCUT2D eigenvalue weighted by molar-refractivity contribution is 0.604. The van der Waals surface area contributed by atoms with E-state index in [-0.39, 0.29) is 6.04 Å². The van der Waals surface area contributed by atoms with E-state index in [2.05, 4.69) is 43.5 Å². The van der Waals surface area contributed by atoms with Crippen molar-refractivity contribution in [2.24, 2.45) is 5.73 Å². The molecule has 2 aromatic heterocycles. The average molecular weight is 334 g/mol. The fraction of sp³-hybridized carbons (Fsp3) is 0.286. The summed E-state index contributed by atoms with van der Waals surface area (Å²) in [7, 11) is 0. The average Bonchev–Trinajstić information content (AvgIpc) is 3.04. The van der Waals surface area contributed by atoms with Gasteiger partial charge in [0.25, 0.3) is 0 Å². The van der Waals surface area contributed by atoms with E-state index in [0.717, 1.165) is 33.6 Å². The van der Waals surface area contributed by atoms with Gasteiger partial charge in [-0.05, 0) is 25.1 Å². The number of hydrogen-bond donors (Lipinski definition) is 2. The Balaban J connectivity index is 2.01. The third kappa shape index (κ3) is 2.36. The molecule has 1 aromatic carbocycles. The van der Waals surface area contributed by atoms with Gasteiger partial charge >= 0.3 is 0 Å². The molecule has 0 spiro atoms. The Morgan fingerprint density at radius 3 is 3.00 bits per heavy atom. The molecule has 3 aromatic rings. The van der Waals surface area contributed by atoms with Crippen LogP contribution in [0.3, 0.4) is 0 Å². The number of rotatable bonds is 4. The molecule has 1 unspecified atom stereocenters. The number of nitrogens with zero attached hydrogens (tertiary/aromatic N) is 3. The standard InChI is InChI=1S/C14H16BrN5/c1-2-20-13-4-3-9(15)5-12(13)19-14(20)11(16)6-10-7-17-8-18-10/h3-5,7-8,11H,2,6,16H2,1H3,(H,17,18). The summed E-state index contributed by atoms with van der Waals surface area (Å²) >= 11 is 3.48. The number of hydrogen-bond acceptors (Lipinski definition) is 3. The van der Waals surface area contributed by atoms with Crippen molar-refractivity contribution in [1.29, 1.82) is 0 Å². The zero-order valence-corrected chi connectivity index (χ0v) is 12.8. The Bertz CT molecular complexity index is 717. The molecule has 5 nitrogen and oxygen atoms in total. The molecule has 0 fully saturated rings. The minimum absolute atomic E-state index is 0.151. The highest BCUT2D eigenvalue weighted by molar-refractivity contribution is 9.10. The van der Waals surface area contributed by atoms with E-state index in [1.807, 2.05) is 12.1 Å². The minimum atomic E-state index is -0.151. The van der Waals surface area contributed by atoms with Crippen LogP contribution in [0.5, 0.6) is 0 Å². The van der Waals surface area contributed by atoms with Gasteiger partial charge in [0, 0.05) is 29.3 Å². The van der Waals surface area contributed by atoms with Crippen molar-refractivity contribution in [3.05, 3.63) is 46.7 Å². The lowest BCUT2D eigenvalue weighted by Gasteiger charge is -2.12. The molecule has 1 atom stereocenters. The molecule has 0 aliphatic rings. The summed E-state index contributed by atoms with van der Waals surface area (Å²) in [4.78, 5) is 11.8. The molecule has 20 heavy (non-hydrogen) atoms. The highest BCUT2D eigenvalue weighted by atomic mass is 79.9. The summed E-state index contributed by atoms with van der Waals surface area (Å²) in [6, 6.07) is 5.97. The summed E-state index contributed by atoms with van der Waals surface area (Å²) in [6.45, 7) is 2.96. The third-order valence-electron chi connectivity index (χ3n) is 3.38. The number of aromatic amines is 1. The summed E-state index contributed by atoms with van der Waals surface area (Å²) in [5.74, 6) is 0.912. The predicted molar refractivity (Wildman–Crippen MR) is 82.3 cm³/mol. The van der Waals surface area contributed by atoms with E-state index in [0.29, 0.717) is 6.42 Å². The first-order valence-corrected chi connectivity index (χ1v) is 7.37. The number of fused-ring (bicyclic) bond motifs is 1. The van der Waals surface area contributed by atoms with Crippen LogP contribution >= 0.6 is 15.9 Å². The van der Waals surface area contributed by atoms with Crippen LogP contribution in [0, 0.1) is 0 Å². The molecule has 2 heterocycles. The quantitative estimate of drug-likeness (QED) is 0.771. The van der Waals surface area contributed by atoms with Gasteiger partial charge in [-0.2, -0.15) is 0 Å². The zero-order valence-electron chi connectivity index (χ0n) is 11.2. The molecule has 0 radical (unpaired) electrons. The molecule has 104 valence electrons. The van der Waals surface area contributed by atoms with E-state index in [1.54, 1.807) is 12.5 Å². The summed E-state index contributed by atoms with van der Waals surface area (Å²) in [6.07, 6.45) is 4.17. The number of halogens is 1. The largest absolute Gasteiger partial charge is 0.348 e. The van der Waals surface area contributed by atoms with Crippen molar-refractivity contribution in [3.8, 4) is 0 Å². The summed E-state index contributed by atoms with van der Waals surface area (Å²) in [5, 5.41) is 0. The maximum Gasteiger partial charge on any atom is 0.127 e. The first-order chi connectivity index (χ1) is 9.69. The van der Waals surface area contributed by atoms with Gasteiger partial charge in [0.1, 0.15) is 5.82 Å². The summed E-state index contributed by atoms with van der Waals surface area (Å²) in [5.41, 5.74) is 9.43. The van der Waals surface area contributed by atoms with Crippen LogP contribution in [0.15, 0.2) is 35.2 Å². The molecule has 6 heteroatoms. The molecule has 0 amide bonds. The van der Waals surface area contributed by atoms with Gasteiger partial charge in [0.15, 0.2) is 0 Å². The van der Waals surface area contributed by atoms with Crippen LogP contribution in [0.25, 0.3) is 11.0 Å². The smallest absolute Gasteiger partial charge is 0.127 e. The molecule has 0 aliphatic carbocycles. The summed E-state index contributed by atoms with van der Waals surface area (Å²) < 4.78 is 3.20. The van der Waals surface area contributed by atoms with Crippen LogP contribution in [0.4, 0.5) is 0 Å². The molecule has 3 N–H and O–H groups in total. The maximum absolute atomic E-state index is 6.32. The van der Waals surface area contributed by atoms with E-state index in [9.17, 15) is 0 Å². The molecular formula is C14H16BrN5. The van der Waals surface area contributed by atoms with Crippen molar-refractivity contribution in [2.75, 3.05) is 0 Å². The first kappa shape index (κ1) is 13.3. The number of aromatic nitrogens is 4. The SMILES string of the molecule is CCn1c(C(N)Cc2cnc[nH]2)nc2cc(Br)ccc21. The number of benzene rings is 1. The predicted octanol–water partition coefficient (Wildman–Crippen LogP) is 2.78. The fourth-order valence-electron chi connectivity index (χ4n) is 2.46. The second-order valence-corrected chi connectivity index (χ2v) is 5.65. The molecular weight excluding hydrogens is 318 g/mol. The number of imidazole rings is 2. The Labute approximate surface area is 125 Å². The third-order valence-corrected chi connectivity index (χ3v) is 3.88. The lowest BCUT2D eigenvalue weighted by Crippen LogP contribution is -2.19. The topological polar surface area (TPSA) is 72.5 Å². The van der Waals surface area contributed by atoms with E-state index >= 15 is 0 Å². The molecule has 3 rings (SSSR count). The number of H-pyrrole nitrogens is 1. The van der Waals surface area contributed by atoms with Crippen molar-refractivity contribution in [1.82, 2.24) is 19.5 Å². The second-order valence-electron chi connectivity index (χ2n) is 4.73. The molecule has 0 saturated heterocycles. The van der Waals surface area contributed by atoms with Gasteiger partial charge in [-0.25, -0.2) is 9.97 Å². The highest BCUT2D eigenvalue weighted by Crippen LogP contribution is 2.24. The van der Waals surface area contributed by atoms with E-state index in [1.165, 1.54) is 0 Å². The second kappa shape index (κ2) is 5.38. The van der Waals surface area contributed by atoms with E-state index in [4.69, 9.17) is 10.7 Å². The van der Waals surface area contributed by atoms with Gasteiger partial charge in [-0.3, -0.25) is 0 Å². The fourth-order valence-corrected chi connectivity index (χ4v) is 2.81. The zero-order chi connectivity index (χ0) is 14.1. The van der Waals surface area contributed by atoms with Crippen LogP contribution in [0.2, 0.25) is 0 Å². The van der Waals surface area contributed by atoms with Gasteiger partial charge in [-0.15, -0.1) is 0 Å².